The molecule has 2 rings (SSSR count). The summed E-state index contributed by atoms with van der Waals surface area (Å²) in [5, 5.41) is 4.84. The predicted molar refractivity (Wildman–Crippen MR) is 97.1 cm³/mol. The minimum atomic E-state index is -0.136. The average molecular weight is 396 g/mol. The van der Waals surface area contributed by atoms with Crippen molar-refractivity contribution in [1.29, 1.82) is 0 Å². The summed E-state index contributed by atoms with van der Waals surface area (Å²) < 4.78 is 11.8. The minimum Gasteiger partial charge on any atom is -0.493 e. The fraction of sp³-hybridized carbons (Fsp3) is 0.235. The van der Waals surface area contributed by atoms with Crippen molar-refractivity contribution in [2.45, 2.75) is 13.5 Å². The molecule has 0 fully saturated rings. The molecule has 0 spiro atoms. The van der Waals surface area contributed by atoms with E-state index in [0.717, 1.165) is 14.9 Å². The fourth-order valence-electron chi connectivity index (χ4n) is 1.92. The van der Waals surface area contributed by atoms with Gasteiger partial charge in [0, 0.05) is 20.8 Å². The van der Waals surface area contributed by atoms with Crippen LogP contribution in [0.15, 0.2) is 40.2 Å². The van der Waals surface area contributed by atoms with Crippen molar-refractivity contribution < 1.29 is 14.3 Å². The number of carbonyl (C=O) groups excluding carboxylic acids is 1. The van der Waals surface area contributed by atoms with Gasteiger partial charge in [-0.3, -0.25) is 4.79 Å². The summed E-state index contributed by atoms with van der Waals surface area (Å²) in [6.45, 7) is 2.99. The van der Waals surface area contributed by atoms with Crippen molar-refractivity contribution in [2.24, 2.45) is 0 Å². The number of rotatable bonds is 7. The molecule has 1 N–H and O–H groups in total. The Labute approximate surface area is 148 Å². The van der Waals surface area contributed by atoms with Gasteiger partial charge in [0.1, 0.15) is 0 Å². The van der Waals surface area contributed by atoms with Crippen LogP contribution in [-0.4, -0.2) is 19.6 Å². The first kappa shape index (κ1) is 17.6. The second-order valence-electron chi connectivity index (χ2n) is 4.63. The number of halogens is 1. The molecule has 0 aliphatic rings. The van der Waals surface area contributed by atoms with Crippen LogP contribution >= 0.6 is 27.3 Å². The predicted octanol–water partition coefficient (Wildman–Crippen LogP) is 4.25. The van der Waals surface area contributed by atoms with E-state index in [2.05, 4.69) is 21.2 Å². The quantitative estimate of drug-likeness (QED) is 0.712. The van der Waals surface area contributed by atoms with Gasteiger partial charge in [0.05, 0.1) is 20.3 Å². The summed E-state index contributed by atoms with van der Waals surface area (Å²) in [7, 11) is 1.60. The third kappa shape index (κ3) is 5.41. The highest BCUT2D eigenvalue weighted by molar-refractivity contribution is 9.10. The van der Waals surface area contributed by atoms with Crippen LogP contribution in [0.2, 0.25) is 0 Å². The number of methoxy groups -OCH3 is 1. The Bertz CT molecular complexity index is 697. The van der Waals surface area contributed by atoms with Gasteiger partial charge in [0.25, 0.3) is 0 Å². The average Bonchev–Trinajstić information content (AvgIpc) is 2.97. The van der Waals surface area contributed by atoms with Gasteiger partial charge in [0.15, 0.2) is 11.5 Å². The standard InChI is InChI=1S/C17H18BrNO3S/c1-3-22-16-8-12(4-6-15(16)21-2)5-7-17(20)19-10-14-9-13(18)11-23-14/h4-9,11H,3,10H2,1-2H3,(H,19,20)/b7-5+. The third-order valence-corrected chi connectivity index (χ3v) is 4.67. The van der Waals surface area contributed by atoms with Gasteiger partial charge in [-0.25, -0.2) is 0 Å². The maximum Gasteiger partial charge on any atom is 0.244 e. The lowest BCUT2D eigenvalue weighted by Crippen LogP contribution is -2.19. The highest BCUT2D eigenvalue weighted by atomic mass is 79.9. The number of hydrogen-bond donors (Lipinski definition) is 1. The van der Waals surface area contributed by atoms with E-state index in [-0.39, 0.29) is 5.91 Å². The molecule has 1 amide bonds. The molecule has 0 saturated heterocycles. The van der Waals surface area contributed by atoms with Crippen LogP contribution in [0, 0.1) is 0 Å². The van der Waals surface area contributed by atoms with Crippen molar-refractivity contribution in [3.63, 3.8) is 0 Å². The first-order valence-corrected chi connectivity index (χ1v) is 8.79. The lowest BCUT2D eigenvalue weighted by molar-refractivity contribution is -0.116. The zero-order chi connectivity index (χ0) is 16.7. The number of ether oxygens (including phenoxy) is 2. The Morgan fingerprint density at radius 1 is 1.35 bits per heavy atom. The normalized spacial score (nSPS) is 10.7. The molecule has 0 aliphatic carbocycles. The highest BCUT2D eigenvalue weighted by Gasteiger charge is 2.04. The lowest BCUT2D eigenvalue weighted by atomic mass is 10.2. The molecule has 2 aromatic rings. The fourth-order valence-corrected chi connectivity index (χ4v) is 3.31. The van der Waals surface area contributed by atoms with Gasteiger partial charge in [0.2, 0.25) is 5.91 Å². The van der Waals surface area contributed by atoms with E-state index in [4.69, 9.17) is 9.47 Å². The highest BCUT2D eigenvalue weighted by Crippen LogP contribution is 2.28. The topological polar surface area (TPSA) is 47.6 Å². The minimum absolute atomic E-state index is 0.136. The Morgan fingerprint density at radius 3 is 2.83 bits per heavy atom. The zero-order valence-electron chi connectivity index (χ0n) is 13.0. The molecule has 23 heavy (non-hydrogen) atoms. The van der Waals surface area contributed by atoms with Gasteiger partial charge in [-0.2, -0.15) is 0 Å². The SMILES string of the molecule is CCOc1cc(/C=C/C(=O)NCc2cc(Br)cs2)ccc1OC. The summed E-state index contributed by atoms with van der Waals surface area (Å²) in [6.07, 6.45) is 3.27. The molecule has 0 atom stereocenters. The number of hydrogen-bond acceptors (Lipinski definition) is 4. The van der Waals surface area contributed by atoms with E-state index in [1.165, 1.54) is 6.08 Å². The van der Waals surface area contributed by atoms with Crippen LogP contribution in [0.3, 0.4) is 0 Å². The van der Waals surface area contributed by atoms with Crippen LogP contribution in [0.4, 0.5) is 0 Å². The number of benzene rings is 1. The molecule has 1 heterocycles. The van der Waals surface area contributed by atoms with Gasteiger partial charge < -0.3 is 14.8 Å². The van der Waals surface area contributed by atoms with E-state index in [1.54, 1.807) is 24.5 Å². The van der Waals surface area contributed by atoms with E-state index in [9.17, 15) is 4.79 Å². The summed E-state index contributed by atoms with van der Waals surface area (Å²) in [5.74, 6) is 1.21. The summed E-state index contributed by atoms with van der Waals surface area (Å²) >= 11 is 4.99. The van der Waals surface area contributed by atoms with E-state index in [0.29, 0.717) is 24.7 Å². The van der Waals surface area contributed by atoms with Crippen molar-refractivity contribution in [2.75, 3.05) is 13.7 Å². The Hall–Kier alpha value is -1.79. The molecule has 0 radical (unpaired) electrons. The van der Waals surface area contributed by atoms with Crippen LogP contribution in [-0.2, 0) is 11.3 Å². The third-order valence-electron chi connectivity index (χ3n) is 2.97. The Kier molecular flexibility index (Phi) is 6.67. The van der Waals surface area contributed by atoms with Gasteiger partial charge in [-0.05, 0) is 52.7 Å². The van der Waals surface area contributed by atoms with E-state index >= 15 is 0 Å². The molecule has 0 saturated carbocycles. The Balaban J connectivity index is 1.95. The molecule has 1 aromatic heterocycles. The molecular weight excluding hydrogens is 378 g/mol. The number of carbonyl (C=O) groups is 1. The summed E-state index contributed by atoms with van der Waals surface area (Å²) in [6, 6.07) is 7.54. The van der Waals surface area contributed by atoms with Crippen molar-refractivity contribution in [3.8, 4) is 11.5 Å². The maximum atomic E-state index is 11.9. The van der Waals surface area contributed by atoms with Crippen LogP contribution in [0.5, 0.6) is 11.5 Å². The summed E-state index contributed by atoms with van der Waals surface area (Å²) in [4.78, 5) is 13.0. The first-order valence-electron chi connectivity index (χ1n) is 7.12. The van der Waals surface area contributed by atoms with Crippen LogP contribution in [0.1, 0.15) is 17.4 Å². The van der Waals surface area contributed by atoms with Crippen molar-refractivity contribution >= 4 is 39.2 Å². The first-order chi connectivity index (χ1) is 11.1. The molecule has 122 valence electrons. The number of amides is 1. The van der Waals surface area contributed by atoms with E-state index in [1.807, 2.05) is 36.6 Å². The number of nitrogens with one attached hydrogen (secondary N) is 1. The lowest BCUT2D eigenvalue weighted by Gasteiger charge is -2.09. The van der Waals surface area contributed by atoms with Crippen molar-refractivity contribution in [3.05, 3.63) is 50.6 Å². The molecule has 0 unspecified atom stereocenters. The van der Waals surface area contributed by atoms with Crippen molar-refractivity contribution in [1.82, 2.24) is 5.32 Å². The number of thiophene rings is 1. The zero-order valence-corrected chi connectivity index (χ0v) is 15.4. The molecule has 6 heteroatoms. The van der Waals surface area contributed by atoms with Crippen LogP contribution in [0.25, 0.3) is 6.08 Å². The van der Waals surface area contributed by atoms with Gasteiger partial charge in [-0.15, -0.1) is 11.3 Å². The second-order valence-corrected chi connectivity index (χ2v) is 6.54. The second kappa shape index (κ2) is 8.74. The Morgan fingerprint density at radius 2 is 2.17 bits per heavy atom. The molecule has 0 aliphatic heterocycles. The van der Waals surface area contributed by atoms with Crippen LogP contribution < -0.4 is 14.8 Å². The molecule has 0 bridgehead atoms. The largest absolute Gasteiger partial charge is 0.493 e. The van der Waals surface area contributed by atoms with E-state index < -0.39 is 0 Å². The summed E-state index contributed by atoms with van der Waals surface area (Å²) in [5.41, 5.74) is 0.878. The molecular formula is C17H18BrNO3S. The maximum absolute atomic E-state index is 11.9. The monoisotopic (exact) mass is 395 g/mol. The van der Waals surface area contributed by atoms with Gasteiger partial charge >= 0.3 is 0 Å². The smallest absolute Gasteiger partial charge is 0.244 e. The molecule has 4 nitrogen and oxygen atoms in total. The van der Waals surface area contributed by atoms with Gasteiger partial charge in [-0.1, -0.05) is 6.07 Å². The molecule has 1 aromatic carbocycles.